The van der Waals surface area contributed by atoms with Crippen LogP contribution in [0, 0.1) is 11.8 Å². The number of halogens is 2. The molecule has 2 amide bonds. The topological polar surface area (TPSA) is 114 Å². The first-order valence-corrected chi connectivity index (χ1v) is 10.2. The van der Waals surface area contributed by atoms with Crippen LogP contribution in [0.1, 0.15) is 17.8 Å². The van der Waals surface area contributed by atoms with E-state index in [1.165, 1.54) is 11.3 Å². The summed E-state index contributed by atoms with van der Waals surface area (Å²) in [5.41, 5.74) is 5.11. The summed E-state index contributed by atoms with van der Waals surface area (Å²) in [6, 6.07) is 0. The highest BCUT2D eigenvalue weighted by Gasteiger charge is 2.68. The van der Waals surface area contributed by atoms with Crippen LogP contribution in [0.15, 0.2) is 0 Å². The van der Waals surface area contributed by atoms with Gasteiger partial charge >= 0.3 is 0 Å². The minimum absolute atomic E-state index is 0. The van der Waals surface area contributed by atoms with Crippen LogP contribution in [-0.4, -0.2) is 83.8 Å². The van der Waals surface area contributed by atoms with E-state index in [1.807, 2.05) is 14.1 Å². The number of hydrogen-bond acceptors (Lipinski definition) is 8. The number of fused-ring (bicyclic) bond motifs is 1. The molecule has 1 aromatic heterocycles. The van der Waals surface area contributed by atoms with Crippen molar-refractivity contribution in [2.75, 3.05) is 45.6 Å². The molecule has 3 saturated heterocycles. The van der Waals surface area contributed by atoms with E-state index in [0.717, 1.165) is 30.8 Å². The molecule has 12 heteroatoms. The number of hydrogen-bond donors (Lipinski definition) is 2. The molecule has 9 nitrogen and oxygen atoms in total. The van der Waals surface area contributed by atoms with Crippen molar-refractivity contribution in [3.05, 3.63) is 5.01 Å². The average molecular weight is 467 g/mol. The van der Waals surface area contributed by atoms with E-state index in [9.17, 15) is 9.59 Å². The van der Waals surface area contributed by atoms with Gasteiger partial charge in [-0.05, 0) is 26.9 Å². The van der Waals surface area contributed by atoms with E-state index >= 15 is 0 Å². The monoisotopic (exact) mass is 466 g/mol. The van der Waals surface area contributed by atoms with Gasteiger partial charge in [0.1, 0.15) is 5.01 Å². The molecule has 0 aromatic carbocycles. The zero-order valence-corrected chi connectivity index (χ0v) is 18.9. The minimum atomic E-state index is -0.517. The summed E-state index contributed by atoms with van der Waals surface area (Å²) in [6.45, 7) is 2.33. The molecule has 3 aliphatic heterocycles. The maximum absolute atomic E-state index is 13.0. The number of carbonyl (C=O) groups excluding carboxylic acids is 2. The second-order valence-corrected chi connectivity index (χ2v) is 8.92. The molecular weight excluding hydrogens is 439 g/mol. The van der Waals surface area contributed by atoms with Crippen molar-refractivity contribution >= 4 is 53.1 Å². The Kier molecular flexibility index (Phi) is 7.86. The largest absolute Gasteiger partial charge is 0.368 e. The summed E-state index contributed by atoms with van der Waals surface area (Å²) >= 11 is 1.38. The van der Waals surface area contributed by atoms with Crippen molar-refractivity contribution in [1.29, 1.82) is 0 Å². The van der Waals surface area contributed by atoms with E-state index in [2.05, 4.69) is 20.4 Å². The van der Waals surface area contributed by atoms with Gasteiger partial charge in [-0.15, -0.1) is 35.0 Å². The maximum atomic E-state index is 13.0. The third-order valence-electron chi connectivity index (χ3n) is 5.77. The van der Waals surface area contributed by atoms with E-state index < -0.39 is 17.4 Å². The van der Waals surface area contributed by atoms with E-state index in [1.54, 1.807) is 4.90 Å². The van der Waals surface area contributed by atoms with Gasteiger partial charge in [0, 0.05) is 26.1 Å². The predicted molar refractivity (Wildman–Crippen MR) is 115 cm³/mol. The lowest BCUT2D eigenvalue weighted by molar-refractivity contribution is -0.136. The number of amides is 2. The highest BCUT2D eigenvalue weighted by atomic mass is 35.5. The lowest BCUT2D eigenvalue weighted by Crippen LogP contribution is -2.43. The highest BCUT2D eigenvalue weighted by Crippen LogP contribution is 2.55. The quantitative estimate of drug-likeness (QED) is 0.597. The van der Waals surface area contributed by atoms with Crippen LogP contribution < -0.4 is 11.1 Å². The van der Waals surface area contributed by atoms with Gasteiger partial charge in [0.15, 0.2) is 0 Å². The number of anilines is 1. The highest BCUT2D eigenvalue weighted by molar-refractivity contribution is 7.15. The predicted octanol–water partition coefficient (Wildman–Crippen LogP) is 0.389. The van der Waals surface area contributed by atoms with Crippen molar-refractivity contribution in [2.24, 2.45) is 17.6 Å². The lowest BCUT2D eigenvalue weighted by Gasteiger charge is -2.26. The van der Waals surface area contributed by atoms with Crippen LogP contribution in [0.25, 0.3) is 0 Å². The van der Waals surface area contributed by atoms with Crippen LogP contribution >= 0.6 is 36.2 Å². The van der Waals surface area contributed by atoms with Crippen LogP contribution in [0.3, 0.4) is 0 Å². The standard InChI is InChI=1S/C17H26N6O3S.2ClH/c1-22(2)7-4-11-20-21-16(27-11)19-14(24)12-10-3-5-17(26-10)9-23(8-6-18)15(25)13(12)17;;/h10,12-13H,3-9,18H2,1-2H3,(H,19,21,24);2*1H/t10-,12-,13+,17-;;/m0../s1. The molecule has 0 aliphatic carbocycles. The van der Waals surface area contributed by atoms with Crippen molar-refractivity contribution in [1.82, 2.24) is 20.0 Å². The number of nitrogens with one attached hydrogen (secondary N) is 1. The SMILES string of the molecule is CN(C)CCc1nnc(NC(=O)[C@H]2[C@@H]3CC[C@@]4(CN(CCN)C(=O)[C@@H]24)O3)s1.Cl.Cl. The van der Waals surface area contributed by atoms with Gasteiger partial charge in [0.25, 0.3) is 0 Å². The van der Waals surface area contributed by atoms with Crippen molar-refractivity contribution < 1.29 is 14.3 Å². The van der Waals surface area contributed by atoms with Gasteiger partial charge in [0.2, 0.25) is 16.9 Å². The molecule has 4 rings (SSSR count). The Morgan fingerprint density at radius 3 is 2.86 bits per heavy atom. The Morgan fingerprint density at radius 2 is 2.17 bits per heavy atom. The van der Waals surface area contributed by atoms with Gasteiger partial charge < -0.3 is 25.6 Å². The average Bonchev–Trinajstić information content (AvgIpc) is 3.35. The Balaban J connectivity index is 0.00000150. The number of likely N-dealkylation sites (N-methyl/N-ethyl adjacent to an activating group) is 1. The molecule has 2 bridgehead atoms. The minimum Gasteiger partial charge on any atom is -0.368 e. The van der Waals surface area contributed by atoms with Gasteiger partial charge in [-0.25, -0.2) is 0 Å². The number of nitrogens with two attached hydrogens (primary N) is 1. The first-order chi connectivity index (χ1) is 12.9. The van der Waals surface area contributed by atoms with Crippen LogP contribution in [0.4, 0.5) is 5.13 Å². The molecule has 29 heavy (non-hydrogen) atoms. The van der Waals surface area contributed by atoms with Gasteiger partial charge in [-0.2, -0.15) is 0 Å². The molecular formula is C17H28Cl2N6O3S. The number of rotatable bonds is 7. The van der Waals surface area contributed by atoms with Gasteiger partial charge in [-0.1, -0.05) is 11.3 Å². The Morgan fingerprint density at radius 1 is 1.41 bits per heavy atom. The second-order valence-electron chi connectivity index (χ2n) is 7.86. The molecule has 3 fully saturated rings. The molecule has 164 valence electrons. The smallest absolute Gasteiger partial charge is 0.232 e. The number of carbonyl (C=O) groups is 2. The maximum Gasteiger partial charge on any atom is 0.232 e. The molecule has 1 aromatic rings. The number of aromatic nitrogens is 2. The summed E-state index contributed by atoms with van der Waals surface area (Å²) in [5.74, 6) is -1.08. The van der Waals surface area contributed by atoms with Crippen LogP contribution in [0.5, 0.6) is 0 Å². The van der Waals surface area contributed by atoms with Crippen molar-refractivity contribution in [3.8, 4) is 0 Å². The summed E-state index contributed by atoms with van der Waals surface area (Å²) < 4.78 is 6.17. The van der Waals surface area contributed by atoms with E-state index in [-0.39, 0.29) is 42.7 Å². The van der Waals surface area contributed by atoms with E-state index in [4.69, 9.17) is 10.5 Å². The number of ether oxygens (including phenoxy) is 1. The molecule has 1 spiro atoms. The molecule has 3 aliphatic rings. The molecule has 0 unspecified atom stereocenters. The first kappa shape index (κ1) is 24.2. The fourth-order valence-electron chi connectivity index (χ4n) is 4.60. The summed E-state index contributed by atoms with van der Waals surface area (Å²) in [6.07, 6.45) is 2.23. The zero-order valence-electron chi connectivity index (χ0n) is 16.5. The Labute approximate surface area is 186 Å². The van der Waals surface area contributed by atoms with Crippen molar-refractivity contribution in [3.63, 3.8) is 0 Å². The summed E-state index contributed by atoms with van der Waals surface area (Å²) in [7, 11) is 4.00. The van der Waals surface area contributed by atoms with E-state index in [0.29, 0.717) is 24.8 Å². The molecule has 3 N–H and O–H groups in total. The number of nitrogens with zero attached hydrogens (tertiary/aromatic N) is 4. The van der Waals surface area contributed by atoms with Crippen LogP contribution in [0.2, 0.25) is 0 Å². The van der Waals surface area contributed by atoms with Gasteiger partial charge in [0.05, 0.1) is 30.1 Å². The first-order valence-electron chi connectivity index (χ1n) is 9.38. The summed E-state index contributed by atoms with van der Waals surface area (Å²) in [4.78, 5) is 29.7. The lowest BCUT2D eigenvalue weighted by atomic mass is 9.73. The third-order valence-corrected chi connectivity index (χ3v) is 6.67. The molecule has 0 radical (unpaired) electrons. The molecule has 0 saturated carbocycles. The molecule has 4 atom stereocenters. The Bertz CT molecular complexity index is 751. The van der Waals surface area contributed by atoms with Crippen LogP contribution in [-0.2, 0) is 20.7 Å². The Hall–Kier alpha value is -1.04. The van der Waals surface area contributed by atoms with Gasteiger partial charge in [-0.3, -0.25) is 9.59 Å². The normalized spacial score (nSPS) is 29.6. The second kappa shape index (κ2) is 9.40. The number of likely N-dealkylation sites (tertiary alicyclic amines) is 1. The fourth-order valence-corrected chi connectivity index (χ4v) is 5.33. The summed E-state index contributed by atoms with van der Waals surface area (Å²) in [5, 5.41) is 12.5. The zero-order chi connectivity index (χ0) is 19.2. The fraction of sp³-hybridized carbons (Fsp3) is 0.765. The molecule has 4 heterocycles. The third kappa shape index (κ3) is 4.38. The van der Waals surface area contributed by atoms with Crippen molar-refractivity contribution in [2.45, 2.75) is 31.0 Å².